The highest BCUT2D eigenvalue weighted by atomic mass is 15.5. The number of anilines is 1. The topological polar surface area (TPSA) is 83.5 Å². The molecule has 0 bridgehead atoms. The molecule has 0 amide bonds. The lowest BCUT2D eigenvalue weighted by Gasteiger charge is -2.31. The van der Waals surface area contributed by atoms with Crippen molar-refractivity contribution in [3.8, 4) is 22.6 Å². The van der Waals surface area contributed by atoms with Crippen molar-refractivity contribution < 1.29 is 0 Å². The number of H-pyrrole nitrogens is 1. The van der Waals surface area contributed by atoms with Crippen LogP contribution in [0.1, 0.15) is 25.6 Å². The van der Waals surface area contributed by atoms with Crippen LogP contribution in [-0.2, 0) is 0 Å². The van der Waals surface area contributed by atoms with E-state index in [4.69, 9.17) is 0 Å². The van der Waals surface area contributed by atoms with Gasteiger partial charge in [0.25, 0.3) is 0 Å². The molecule has 4 rings (SSSR count). The van der Waals surface area contributed by atoms with Crippen LogP contribution in [0.4, 0.5) is 5.82 Å². The van der Waals surface area contributed by atoms with Crippen molar-refractivity contribution in [3.05, 3.63) is 36.2 Å². The molecule has 3 aromatic rings. The standard InChI is InChI=1S/C18H21N7/c1-12-7-9-25(10-8-12)17-11-16(19-13(2)20-17)14-3-5-15(6-4-14)18-21-23-24-22-18/h3-6,11-12H,7-10H2,1-2H3,(H,21,22,23,24). The molecule has 1 fully saturated rings. The van der Waals surface area contributed by atoms with Gasteiger partial charge >= 0.3 is 0 Å². The molecule has 25 heavy (non-hydrogen) atoms. The highest BCUT2D eigenvalue weighted by molar-refractivity contribution is 5.67. The quantitative estimate of drug-likeness (QED) is 0.792. The molecule has 128 valence electrons. The number of aryl methyl sites for hydroxylation is 1. The molecular formula is C18H21N7. The predicted molar refractivity (Wildman–Crippen MR) is 96.0 cm³/mol. The zero-order valence-electron chi connectivity index (χ0n) is 14.5. The first-order valence-corrected chi connectivity index (χ1v) is 8.64. The van der Waals surface area contributed by atoms with E-state index >= 15 is 0 Å². The second kappa shape index (κ2) is 6.58. The van der Waals surface area contributed by atoms with Gasteiger partial charge in [-0.2, -0.15) is 5.21 Å². The van der Waals surface area contributed by atoms with Gasteiger partial charge in [0, 0.05) is 30.3 Å². The lowest BCUT2D eigenvalue weighted by atomic mass is 9.99. The summed E-state index contributed by atoms with van der Waals surface area (Å²) in [6.45, 7) is 6.40. The maximum atomic E-state index is 4.65. The Labute approximate surface area is 146 Å². The van der Waals surface area contributed by atoms with Gasteiger partial charge in [0.05, 0.1) is 5.69 Å². The number of aromatic amines is 1. The Balaban J connectivity index is 1.62. The monoisotopic (exact) mass is 335 g/mol. The van der Waals surface area contributed by atoms with E-state index in [1.54, 1.807) is 0 Å². The normalized spacial score (nSPS) is 15.5. The summed E-state index contributed by atoms with van der Waals surface area (Å²) in [7, 11) is 0. The number of rotatable bonds is 3. The minimum absolute atomic E-state index is 0.591. The summed E-state index contributed by atoms with van der Waals surface area (Å²) in [5.74, 6) is 3.22. The second-order valence-electron chi connectivity index (χ2n) is 6.64. The first kappa shape index (κ1) is 15.7. The molecule has 1 N–H and O–H groups in total. The van der Waals surface area contributed by atoms with Crippen LogP contribution in [0.15, 0.2) is 30.3 Å². The van der Waals surface area contributed by atoms with Gasteiger partial charge in [-0.15, -0.1) is 10.2 Å². The third-order valence-corrected chi connectivity index (χ3v) is 4.72. The Morgan fingerprint density at radius 3 is 2.44 bits per heavy atom. The molecule has 3 heterocycles. The third-order valence-electron chi connectivity index (χ3n) is 4.72. The fourth-order valence-electron chi connectivity index (χ4n) is 3.17. The van der Waals surface area contributed by atoms with Crippen LogP contribution >= 0.6 is 0 Å². The average molecular weight is 335 g/mol. The predicted octanol–water partition coefficient (Wildman–Crippen LogP) is 2.87. The third kappa shape index (κ3) is 3.35. The number of tetrazole rings is 1. The van der Waals surface area contributed by atoms with E-state index in [-0.39, 0.29) is 0 Å². The molecule has 7 heteroatoms. The largest absolute Gasteiger partial charge is 0.356 e. The van der Waals surface area contributed by atoms with Crippen molar-refractivity contribution in [2.24, 2.45) is 5.92 Å². The minimum Gasteiger partial charge on any atom is -0.356 e. The first-order valence-electron chi connectivity index (χ1n) is 8.64. The smallest absolute Gasteiger partial charge is 0.204 e. The molecular weight excluding hydrogens is 314 g/mol. The first-order chi connectivity index (χ1) is 12.2. The van der Waals surface area contributed by atoms with Gasteiger partial charge in [-0.3, -0.25) is 0 Å². The maximum Gasteiger partial charge on any atom is 0.204 e. The summed E-state index contributed by atoms with van der Waals surface area (Å²) in [4.78, 5) is 11.6. The molecule has 1 aromatic carbocycles. The number of hydrogen-bond acceptors (Lipinski definition) is 6. The van der Waals surface area contributed by atoms with Crippen molar-refractivity contribution in [1.82, 2.24) is 30.6 Å². The fourth-order valence-corrected chi connectivity index (χ4v) is 3.17. The van der Waals surface area contributed by atoms with Crippen LogP contribution in [0.5, 0.6) is 0 Å². The molecule has 0 atom stereocenters. The van der Waals surface area contributed by atoms with Crippen molar-refractivity contribution in [2.45, 2.75) is 26.7 Å². The van der Waals surface area contributed by atoms with E-state index in [0.717, 1.165) is 47.5 Å². The van der Waals surface area contributed by atoms with Gasteiger partial charge in [0.1, 0.15) is 11.6 Å². The van der Waals surface area contributed by atoms with Crippen molar-refractivity contribution in [2.75, 3.05) is 18.0 Å². The SMILES string of the molecule is Cc1nc(-c2ccc(-c3nn[nH]n3)cc2)cc(N2CCC(C)CC2)n1. The Kier molecular flexibility index (Phi) is 4.13. The number of hydrogen-bond donors (Lipinski definition) is 1. The molecule has 0 spiro atoms. The number of nitrogens with one attached hydrogen (secondary N) is 1. The summed E-state index contributed by atoms with van der Waals surface area (Å²) in [5, 5.41) is 14.1. The molecule has 1 aliphatic heterocycles. The molecule has 2 aromatic heterocycles. The van der Waals surface area contributed by atoms with Crippen LogP contribution < -0.4 is 4.90 Å². The lowest BCUT2D eigenvalue weighted by molar-refractivity contribution is 0.436. The van der Waals surface area contributed by atoms with Gasteiger partial charge in [0.15, 0.2) is 0 Å². The fraction of sp³-hybridized carbons (Fsp3) is 0.389. The van der Waals surface area contributed by atoms with Crippen LogP contribution in [0.2, 0.25) is 0 Å². The Morgan fingerprint density at radius 1 is 1.04 bits per heavy atom. The molecule has 0 aliphatic carbocycles. The van der Waals surface area contributed by atoms with E-state index < -0.39 is 0 Å². The summed E-state index contributed by atoms with van der Waals surface area (Å²) in [6, 6.07) is 10.1. The maximum absolute atomic E-state index is 4.65. The van der Waals surface area contributed by atoms with Crippen molar-refractivity contribution >= 4 is 5.82 Å². The number of nitrogens with zero attached hydrogens (tertiary/aromatic N) is 6. The van der Waals surface area contributed by atoms with Gasteiger partial charge in [0.2, 0.25) is 5.82 Å². The minimum atomic E-state index is 0.591. The second-order valence-corrected chi connectivity index (χ2v) is 6.64. The highest BCUT2D eigenvalue weighted by Crippen LogP contribution is 2.26. The molecule has 0 unspecified atom stereocenters. The summed E-state index contributed by atoms with van der Waals surface area (Å²) < 4.78 is 0. The Morgan fingerprint density at radius 2 is 1.76 bits per heavy atom. The molecule has 0 saturated carbocycles. The van der Waals surface area contributed by atoms with Gasteiger partial charge in [-0.1, -0.05) is 31.2 Å². The molecule has 7 nitrogen and oxygen atoms in total. The highest BCUT2D eigenvalue weighted by Gasteiger charge is 2.18. The number of piperidine rings is 1. The van der Waals surface area contributed by atoms with Crippen LogP contribution in [0.3, 0.4) is 0 Å². The van der Waals surface area contributed by atoms with E-state index in [1.165, 1.54) is 12.8 Å². The Bertz CT molecular complexity index is 834. The summed E-state index contributed by atoms with van der Waals surface area (Å²) in [6.07, 6.45) is 2.44. The number of benzene rings is 1. The van der Waals surface area contributed by atoms with E-state index in [2.05, 4.69) is 48.5 Å². The Hall–Kier alpha value is -2.83. The van der Waals surface area contributed by atoms with E-state index in [1.807, 2.05) is 31.2 Å². The molecule has 0 radical (unpaired) electrons. The van der Waals surface area contributed by atoms with Gasteiger partial charge < -0.3 is 4.90 Å². The lowest BCUT2D eigenvalue weighted by Crippen LogP contribution is -2.33. The number of aromatic nitrogens is 6. The van der Waals surface area contributed by atoms with E-state index in [0.29, 0.717) is 5.82 Å². The summed E-state index contributed by atoms with van der Waals surface area (Å²) in [5.41, 5.74) is 2.93. The van der Waals surface area contributed by atoms with Crippen molar-refractivity contribution in [1.29, 1.82) is 0 Å². The molecule has 1 aliphatic rings. The van der Waals surface area contributed by atoms with Crippen molar-refractivity contribution in [3.63, 3.8) is 0 Å². The molecule has 1 saturated heterocycles. The van der Waals surface area contributed by atoms with Crippen LogP contribution in [0.25, 0.3) is 22.6 Å². The zero-order valence-corrected chi connectivity index (χ0v) is 14.5. The van der Waals surface area contributed by atoms with Crippen LogP contribution in [0, 0.1) is 12.8 Å². The van der Waals surface area contributed by atoms with Gasteiger partial charge in [-0.25, -0.2) is 9.97 Å². The zero-order chi connectivity index (χ0) is 17.2. The van der Waals surface area contributed by atoms with Crippen LogP contribution in [-0.4, -0.2) is 43.7 Å². The summed E-state index contributed by atoms with van der Waals surface area (Å²) >= 11 is 0. The average Bonchev–Trinajstić information content (AvgIpc) is 3.17. The van der Waals surface area contributed by atoms with E-state index in [9.17, 15) is 0 Å². The van der Waals surface area contributed by atoms with Gasteiger partial charge in [-0.05, 0) is 30.9 Å².